The molecule has 2 aliphatic rings. The van der Waals surface area contributed by atoms with Crippen LogP contribution < -0.4 is 5.32 Å². The van der Waals surface area contributed by atoms with Gasteiger partial charge in [0.15, 0.2) is 0 Å². The number of aromatic nitrogens is 1. The minimum Gasteiger partial charge on any atom is -0.384 e. The van der Waals surface area contributed by atoms with Crippen molar-refractivity contribution in [3.8, 4) is 0 Å². The molecule has 0 spiro atoms. The zero-order chi connectivity index (χ0) is 16.4. The molecule has 0 unspecified atom stereocenters. The van der Waals surface area contributed by atoms with Crippen LogP contribution in [0.25, 0.3) is 10.9 Å². The normalized spacial score (nSPS) is 18.5. The van der Waals surface area contributed by atoms with Gasteiger partial charge < -0.3 is 5.32 Å². The lowest BCUT2D eigenvalue weighted by atomic mass is 9.83. The molecule has 2 heteroatoms. The summed E-state index contributed by atoms with van der Waals surface area (Å²) in [4.78, 5) is 5.03. The van der Waals surface area contributed by atoms with E-state index in [1.807, 2.05) is 0 Å². The molecule has 0 saturated heterocycles. The number of rotatable bonds is 4. The zero-order valence-corrected chi connectivity index (χ0v) is 15.0. The van der Waals surface area contributed by atoms with Crippen molar-refractivity contribution >= 4 is 16.6 Å². The highest BCUT2D eigenvalue weighted by atomic mass is 14.9. The van der Waals surface area contributed by atoms with Crippen LogP contribution >= 0.6 is 0 Å². The number of nitrogens with one attached hydrogen (secondary N) is 1. The molecule has 1 fully saturated rings. The van der Waals surface area contributed by atoms with E-state index in [2.05, 4.69) is 30.4 Å². The molecule has 4 rings (SSSR count). The molecule has 0 radical (unpaired) electrons. The van der Waals surface area contributed by atoms with Gasteiger partial charge in [-0.3, -0.25) is 4.98 Å². The van der Waals surface area contributed by atoms with Gasteiger partial charge in [-0.1, -0.05) is 32.3 Å². The van der Waals surface area contributed by atoms with Crippen molar-refractivity contribution in [2.75, 3.05) is 11.9 Å². The molecule has 2 nitrogen and oxygen atoms in total. The number of benzene rings is 1. The van der Waals surface area contributed by atoms with E-state index in [-0.39, 0.29) is 0 Å². The Kier molecular flexibility index (Phi) is 4.73. The third kappa shape index (κ3) is 3.03. The largest absolute Gasteiger partial charge is 0.384 e. The van der Waals surface area contributed by atoms with Crippen molar-refractivity contribution in [3.05, 3.63) is 35.0 Å². The van der Waals surface area contributed by atoms with Crippen LogP contribution in [0.15, 0.2) is 18.2 Å². The average Bonchev–Trinajstić information content (AvgIpc) is 2.65. The molecule has 0 atom stereocenters. The first-order chi connectivity index (χ1) is 11.9. The quantitative estimate of drug-likeness (QED) is 0.748. The van der Waals surface area contributed by atoms with Crippen LogP contribution in [-0.4, -0.2) is 11.5 Å². The van der Waals surface area contributed by atoms with Crippen LogP contribution in [0, 0.1) is 0 Å². The summed E-state index contributed by atoms with van der Waals surface area (Å²) in [6.07, 6.45) is 13.0. The summed E-state index contributed by atoms with van der Waals surface area (Å²) in [6, 6.07) is 7.10. The number of anilines is 1. The summed E-state index contributed by atoms with van der Waals surface area (Å²) in [5.74, 6) is 0.762. The second-order valence-electron chi connectivity index (χ2n) is 7.66. The lowest BCUT2D eigenvalue weighted by molar-refractivity contribution is 0.444. The van der Waals surface area contributed by atoms with Gasteiger partial charge in [0.05, 0.1) is 5.52 Å². The number of hydrogen-bond donors (Lipinski definition) is 1. The van der Waals surface area contributed by atoms with Crippen LogP contribution in [0.1, 0.15) is 81.0 Å². The Balaban J connectivity index is 1.80. The molecule has 0 amide bonds. The third-order valence-electron chi connectivity index (χ3n) is 5.91. The van der Waals surface area contributed by atoms with Gasteiger partial charge in [-0.2, -0.15) is 0 Å². The molecular weight excluding hydrogens is 292 g/mol. The Hall–Kier alpha value is -1.57. The van der Waals surface area contributed by atoms with Crippen molar-refractivity contribution < 1.29 is 0 Å². The van der Waals surface area contributed by atoms with Gasteiger partial charge in [0, 0.05) is 23.3 Å². The monoisotopic (exact) mass is 322 g/mol. The van der Waals surface area contributed by atoms with Crippen molar-refractivity contribution in [1.82, 2.24) is 4.98 Å². The molecule has 0 bridgehead atoms. The fraction of sp³-hybridized carbons (Fsp3) is 0.591. The average molecular weight is 322 g/mol. The molecular formula is C22H30N2. The smallest absolute Gasteiger partial charge is 0.0726 e. The summed E-state index contributed by atoms with van der Waals surface area (Å²) in [5.41, 5.74) is 6.98. The third-order valence-corrected chi connectivity index (χ3v) is 5.91. The molecule has 1 saturated carbocycles. The summed E-state index contributed by atoms with van der Waals surface area (Å²) >= 11 is 0. The Morgan fingerprint density at radius 3 is 2.71 bits per heavy atom. The maximum atomic E-state index is 5.03. The summed E-state index contributed by atoms with van der Waals surface area (Å²) in [6.45, 7) is 3.30. The lowest BCUT2D eigenvalue weighted by Crippen LogP contribution is -2.12. The second kappa shape index (κ2) is 7.13. The first-order valence-electron chi connectivity index (χ1n) is 10.1. The van der Waals surface area contributed by atoms with E-state index in [1.54, 1.807) is 5.56 Å². The standard InChI is InChI=1S/C22H30N2/c1-2-14-23-22-18-10-6-7-11-20(18)24-21-13-12-17(15-19(21)22)16-8-4-3-5-9-16/h12-13,15-16H,2-11,14H2,1H3,(H,23,24). The Bertz CT molecular complexity index is 713. The zero-order valence-electron chi connectivity index (χ0n) is 15.0. The maximum Gasteiger partial charge on any atom is 0.0726 e. The molecule has 0 aliphatic heterocycles. The maximum absolute atomic E-state index is 5.03. The van der Waals surface area contributed by atoms with Gasteiger partial charge in [-0.15, -0.1) is 0 Å². The topological polar surface area (TPSA) is 24.9 Å². The lowest BCUT2D eigenvalue weighted by Gasteiger charge is -2.24. The number of hydrogen-bond acceptors (Lipinski definition) is 2. The number of nitrogens with zero attached hydrogens (tertiary/aromatic N) is 1. The minimum atomic E-state index is 0.762. The molecule has 1 heterocycles. The van der Waals surface area contributed by atoms with E-state index in [0.717, 1.165) is 18.9 Å². The van der Waals surface area contributed by atoms with E-state index in [0.29, 0.717) is 0 Å². The number of aryl methyl sites for hydroxylation is 1. The van der Waals surface area contributed by atoms with Gasteiger partial charge in [-0.05, 0) is 74.1 Å². The SMILES string of the molecule is CCCNc1c2c(nc3ccc(C4CCCCC4)cc13)CCCC2. The minimum absolute atomic E-state index is 0.762. The number of pyridine rings is 1. The summed E-state index contributed by atoms with van der Waals surface area (Å²) < 4.78 is 0. The predicted molar refractivity (Wildman–Crippen MR) is 103 cm³/mol. The van der Waals surface area contributed by atoms with Crippen molar-refractivity contribution in [3.63, 3.8) is 0 Å². The second-order valence-corrected chi connectivity index (χ2v) is 7.66. The van der Waals surface area contributed by atoms with Crippen molar-refractivity contribution in [1.29, 1.82) is 0 Å². The molecule has 2 aliphatic carbocycles. The van der Waals surface area contributed by atoms with Crippen molar-refractivity contribution in [2.24, 2.45) is 0 Å². The summed E-state index contributed by atoms with van der Waals surface area (Å²) in [5, 5.41) is 5.12. The molecule has 1 aromatic heterocycles. The van der Waals surface area contributed by atoms with E-state index in [4.69, 9.17) is 4.98 Å². The molecule has 2 aromatic rings. The van der Waals surface area contributed by atoms with Crippen LogP contribution in [0.5, 0.6) is 0 Å². The Labute approximate surface area is 146 Å². The highest BCUT2D eigenvalue weighted by molar-refractivity contribution is 5.94. The van der Waals surface area contributed by atoms with E-state index < -0.39 is 0 Å². The van der Waals surface area contributed by atoms with E-state index >= 15 is 0 Å². The van der Waals surface area contributed by atoms with E-state index in [1.165, 1.54) is 85.6 Å². The van der Waals surface area contributed by atoms with Gasteiger partial charge >= 0.3 is 0 Å². The highest BCUT2D eigenvalue weighted by Crippen LogP contribution is 2.38. The van der Waals surface area contributed by atoms with E-state index in [9.17, 15) is 0 Å². The fourth-order valence-electron chi connectivity index (χ4n) is 4.58. The summed E-state index contributed by atoms with van der Waals surface area (Å²) in [7, 11) is 0. The van der Waals surface area contributed by atoms with Gasteiger partial charge in [-0.25, -0.2) is 0 Å². The van der Waals surface area contributed by atoms with Gasteiger partial charge in [0.25, 0.3) is 0 Å². The van der Waals surface area contributed by atoms with Crippen LogP contribution in [-0.2, 0) is 12.8 Å². The Morgan fingerprint density at radius 2 is 1.88 bits per heavy atom. The molecule has 1 aromatic carbocycles. The molecule has 128 valence electrons. The Morgan fingerprint density at radius 1 is 1.04 bits per heavy atom. The van der Waals surface area contributed by atoms with Crippen LogP contribution in [0.2, 0.25) is 0 Å². The van der Waals surface area contributed by atoms with Gasteiger partial charge in [0.2, 0.25) is 0 Å². The van der Waals surface area contributed by atoms with Crippen LogP contribution in [0.3, 0.4) is 0 Å². The highest BCUT2D eigenvalue weighted by Gasteiger charge is 2.20. The first kappa shape index (κ1) is 15.9. The van der Waals surface area contributed by atoms with Crippen molar-refractivity contribution in [2.45, 2.75) is 77.0 Å². The fourth-order valence-corrected chi connectivity index (χ4v) is 4.58. The first-order valence-corrected chi connectivity index (χ1v) is 10.1. The predicted octanol–water partition coefficient (Wildman–Crippen LogP) is 5.98. The molecule has 1 N–H and O–H groups in total. The van der Waals surface area contributed by atoms with Gasteiger partial charge in [0.1, 0.15) is 0 Å². The molecule has 24 heavy (non-hydrogen) atoms. The van der Waals surface area contributed by atoms with Crippen LogP contribution in [0.4, 0.5) is 5.69 Å². The number of fused-ring (bicyclic) bond motifs is 2.